The van der Waals surface area contributed by atoms with Crippen LogP contribution in [-0.4, -0.2) is 22.5 Å². The van der Waals surface area contributed by atoms with Crippen LogP contribution in [0.4, 0.5) is 5.00 Å². The molecule has 1 unspecified atom stereocenters. The molecular formula is C13H15N3O2S. The van der Waals surface area contributed by atoms with Crippen LogP contribution in [0.25, 0.3) is 0 Å². The molecule has 0 radical (unpaired) electrons. The molecule has 0 aliphatic heterocycles. The topological polar surface area (TPSA) is 64.1 Å². The minimum Gasteiger partial charge on any atom is -0.461 e. The number of rotatable bonds is 5. The largest absolute Gasteiger partial charge is 0.461 e. The van der Waals surface area contributed by atoms with Gasteiger partial charge in [0.2, 0.25) is 0 Å². The summed E-state index contributed by atoms with van der Waals surface area (Å²) < 4.78 is 4.97. The van der Waals surface area contributed by atoms with E-state index in [1.54, 1.807) is 24.8 Å². The van der Waals surface area contributed by atoms with E-state index in [0.717, 1.165) is 10.6 Å². The Kier molecular flexibility index (Phi) is 4.46. The van der Waals surface area contributed by atoms with Gasteiger partial charge in [-0.25, -0.2) is 9.78 Å². The van der Waals surface area contributed by atoms with Crippen molar-refractivity contribution in [3.63, 3.8) is 0 Å². The van der Waals surface area contributed by atoms with E-state index in [4.69, 9.17) is 4.74 Å². The highest BCUT2D eigenvalue weighted by molar-refractivity contribution is 7.14. The number of nitrogens with one attached hydrogen (secondary N) is 1. The van der Waals surface area contributed by atoms with Gasteiger partial charge in [0.1, 0.15) is 5.00 Å². The summed E-state index contributed by atoms with van der Waals surface area (Å²) in [5.41, 5.74) is 3.01. The van der Waals surface area contributed by atoms with Gasteiger partial charge in [-0.3, -0.25) is 4.98 Å². The summed E-state index contributed by atoms with van der Waals surface area (Å²) in [4.78, 5) is 19.8. The molecule has 1 atom stereocenters. The van der Waals surface area contributed by atoms with Crippen LogP contribution in [0.5, 0.6) is 0 Å². The molecule has 0 aliphatic carbocycles. The average Bonchev–Trinajstić information content (AvgIpc) is 2.88. The van der Waals surface area contributed by atoms with E-state index < -0.39 is 5.97 Å². The van der Waals surface area contributed by atoms with Gasteiger partial charge in [0, 0.05) is 12.4 Å². The Morgan fingerprint density at radius 2 is 2.42 bits per heavy atom. The van der Waals surface area contributed by atoms with Gasteiger partial charge in [-0.15, -0.1) is 11.3 Å². The van der Waals surface area contributed by atoms with Crippen LogP contribution < -0.4 is 5.32 Å². The minimum absolute atomic E-state index is 0.0438. The maximum Gasteiger partial charge on any atom is 0.360 e. The smallest absolute Gasteiger partial charge is 0.360 e. The molecule has 0 saturated heterocycles. The van der Waals surface area contributed by atoms with Gasteiger partial charge in [0.25, 0.3) is 0 Å². The first kappa shape index (κ1) is 13.5. The zero-order valence-corrected chi connectivity index (χ0v) is 11.6. The first-order valence-corrected chi connectivity index (χ1v) is 6.87. The Labute approximate surface area is 115 Å². The van der Waals surface area contributed by atoms with Crippen LogP contribution in [-0.2, 0) is 4.74 Å². The molecule has 2 aromatic rings. The molecule has 2 heterocycles. The Balaban J connectivity index is 2.12. The first-order valence-electron chi connectivity index (χ1n) is 5.99. The number of hydrogen-bond donors (Lipinski definition) is 1. The minimum atomic E-state index is -0.398. The fourth-order valence-electron chi connectivity index (χ4n) is 1.61. The van der Waals surface area contributed by atoms with Crippen molar-refractivity contribution in [2.75, 3.05) is 11.9 Å². The second-order valence-corrected chi connectivity index (χ2v) is 4.76. The van der Waals surface area contributed by atoms with E-state index >= 15 is 0 Å². The lowest BCUT2D eigenvalue weighted by atomic mass is 10.1. The number of carbonyl (C=O) groups excluding carboxylic acids is 1. The zero-order valence-electron chi connectivity index (χ0n) is 10.8. The molecule has 0 amide bonds. The Hall–Kier alpha value is -1.95. The van der Waals surface area contributed by atoms with Crippen LogP contribution in [0.2, 0.25) is 0 Å². The number of carbonyl (C=O) groups is 1. The molecule has 0 spiro atoms. The molecule has 5 nitrogen and oxygen atoms in total. The quantitative estimate of drug-likeness (QED) is 0.851. The number of hydrogen-bond acceptors (Lipinski definition) is 6. The number of ether oxygens (including phenoxy) is 1. The van der Waals surface area contributed by atoms with Crippen LogP contribution in [0.15, 0.2) is 30.0 Å². The normalized spacial score (nSPS) is 11.9. The Morgan fingerprint density at radius 3 is 3.11 bits per heavy atom. The maximum atomic E-state index is 11.7. The number of nitrogens with zero attached hydrogens (tertiary/aromatic N) is 2. The van der Waals surface area contributed by atoms with Gasteiger partial charge in [0.15, 0.2) is 5.69 Å². The maximum absolute atomic E-state index is 11.7. The zero-order chi connectivity index (χ0) is 13.7. The molecule has 0 fully saturated rings. The van der Waals surface area contributed by atoms with E-state index in [0.29, 0.717) is 12.3 Å². The summed E-state index contributed by atoms with van der Waals surface area (Å²) in [7, 11) is 0. The predicted octanol–water partition coefficient (Wildman–Crippen LogP) is 2.89. The molecule has 19 heavy (non-hydrogen) atoms. The van der Waals surface area contributed by atoms with E-state index in [2.05, 4.69) is 15.3 Å². The van der Waals surface area contributed by atoms with Crippen LogP contribution in [0.1, 0.15) is 35.9 Å². The van der Waals surface area contributed by atoms with Crippen LogP contribution in [0.3, 0.4) is 0 Å². The molecular weight excluding hydrogens is 262 g/mol. The van der Waals surface area contributed by atoms with Crippen molar-refractivity contribution in [3.05, 3.63) is 41.3 Å². The van der Waals surface area contributed by atoms with E-state index in [-0.39, 0.29) is 6.04 Å². The van der Waals surface area contributed by atoms with Crippen molar-refractivity contribution >= 4 is 22.3 Å². The number of anilines is 1. The first-order chi connectivity index (χ1) is 9.22. The van der Waals surface area contributed by atoms with Gasteiger partial charge < -0.3 is 10.1 Å². The van der Waals surface area contributed by atoms with Crippen molar-refractivity contribution in [1.82, 2.24) is 9.97 Å². The fourth-order valence-corrected chi connectivity index (χ4v) is 2.36. The molecule has 2 aromatic heterocycles. The van der Waals surface area contributed by atoms with E-state index in [9.17, 15) is 4.79 Å². The van der Waals surface area contributed by atoms with Crippen molar-refractivity contribution in [2.24, 2.45) is 0 Å². The van der Waals surface area contributed by atoms with Crippen molar-refractivity contribution < 1.29 is 9.53 Å². The summed E-state index contributed by atoms with van der Waals surface area (Å²) in [5.74, 6) is -0.398. The molecule has 6 heteroatoms. The summed E-state index contributed by atoms with van der Waals surface area (Å²) in [6.45, 7) is 4.12. The molecule has 1 N–H and O–H groups in total. The average molecular weight is 277 g/mol. The highest BCUT2D eigenvalue weighted by Crippen LogP contribution is 2.26. The van der Waals surface area contributed by atoms with E-state index in [1.165, 1.54) is 11.3 Å². The van der Waals surface area contributed by atoms with Crippen LogP contribution >= 0.6 is 11.3 Å². The standard InChI is InChI=1S/C13H15N3O2S/c1-3-18-13(17)11-12(19-8-15-11)16-9(2)10-5-4-6-14-7-10/h4-9,16H,3H2,1-2H3. The van der Waals surface area contributed by atoms with Gasteiger partial charge in [-0.05, 0) is 25.5 Å². The van der Waals surface area contributed by atoms with Gasteiger partial charge in [-0.2, -0.15) is 0 Å². The number of pyridine rings is 1. The molecule has 100 valence electrons. The number of aromatic nitrogens is 2. The summed E-state index contributed by atoms with van der Waals surface area (Å²) in [5, 5.41) is 3.98. The molecule has 0 bridgehead atoms. The molecule has 2 rings (SSSR count). The van der Waals surface area contributed by atoms with Crippen molar-refractivity contribution in [1.29, 1.82) is 0 Å². The monoisotopic (exact) mass is 277 g/mol. The van der Waals surface area contributed by atoms with Gasteiger partial charge in [0.05, 0.1) is 18.2 Å². The number of esters is 1. The highest BCUT2D eigenvalue weighted by atomic mass is 32.1. The number of thiazole rings is 1. The highest BCUT2D eigenvalue weighted by Gasteiger charge is 2.17. The van der Waals surface area contributed by atoms with Crippen LogP contribution in [0, 0.1) is 0 Å². The summed E-state index contributed by atoms with van der Waals surface area (Å²) in [6.07, 6.45) is 3.52. The van der Waals surface area contributed by atoms with Gasteiger partial charge in [-0.1, -0.05) is 6.07 Å². The van der Waals surface area contributed by atoms with E-state index in [1.807, 2.05) is 19.1 Å². The SMILES string of the molecule is CCOC(=O)c1ncsc1NC(C)c1cccnc1. The Bertz CT molecular complexity index is 542. The lowest BCUT2D eigenvalue weighted by molar-refractivity contribution is 0.0521. The molecule has 0 aliphatic rings. The Morgan fingerprint density at radius 1 is 1.58 bits per heavy atom. The summed E-state index contributed by atoms with van der Waals surface area (Å²) in [6, 6.07) is 3.91. The third kappa shape index (κ3) is 3.29. The molecule has 0 saturated carbocycles. The lowest BCUT2D eigenvalue weighted by Crippen LogP contribution is -2.11. The lowest BCUT2D eigenvalue weighted by Gasteiger charge is -2.14. The summed E-state index contributed by atoms with van der Waals surface area (Å²) >= 11 is 1.38. The third-order valence-corrected chi connectivity index (χ3v) is 3.33. The second kappa shape index (κ2) is 6.29. The third-order valence-electron chi connectivity index (χ3n) is 2.57. The second-order valence-electron chi connectivity index (χ2n) is 3.90. The predicted molar refractivity (Wildman–Crippen MR) is 74.3 cm³/mol. The fraction of sp³-hybridized carbons (Fsp3) is 0.308. The van der Waals surface area contributed by atoms with Gasteiger partial charge >= 0.3 is 5.97 Å². The van der Waals surface area contributed by atoms with Crippen molar-refractivity contribution in [2.45, 2.75) is 19.9 Å². The molecule has 0 aromatic carbocycles. The van der Waals surface area contributed by atoms with Crippen molar-refractivity contribution in [3.8, 4) is 0 Å².